The summed E-state index contributed by atoms with van der Waals surface area (Å²) in [7, 11) is 0. The van der Waals surface area contributed by atoms with Gasteiger partial charge in [0.15, 0.2) is 0 Å². The Morgan fingerprint density at radius 1 is 1.00 bits per heavy atom. The molecule has 1 heterocycles. The minimum absolute atomic E-state index is 0.0111. The van der Waals surface area contributed by atoms with Gasteiger partial charge in [-0.3, -0.25) is 4.79 Å². The fourth-order valence-electron chi connectivity index (χ4n) is 4.65. The number of aryl methyl sites for hydroxylation is 2. The van der Waals surface area contributed by atoms with Gasteiger partial charge in [-0.05, 0) is 67.5 Å². The maximum absolute atomic E-state index is 13.3. The fraction of sp³-hybridized carbons (Fsp3) is 0.385. The van der Waals surface area contributed by atoms with Gasteiger partial charge in [0, 0.05) is 17.1 Å². The Bertz CT molecular complexity index is 1050. The van der Waals surface area contributed by atoms with Crippen LogP contribution in [0.15, 0.2) is 48.5 Å². The zero-order valence-corrected chi connectivity index (χ0v) is 18.3. The lowest BCUT2D eigenvalue weighted by molar-refractivity contribution is 0.0892. The van der Waals surface area contributed by atoms with E-state index in [4.69, 9.17) is 4.98 Å². The molecular formula is C26H31N3O. The molecule has 0 aliphatic heterocycles. The van der Waals surface area contributed by atoms with Crippen molar-refractivity contribution in [3.05, 3.63) is 65.2 Å². The lowest BCUT2D eigenvalue weighted by Crippen LogP contribution is -2.43. The van der Waals surface area contributed by atoms with E-state index >= 15 is 0 Å². The average Bonchev–Trinajstić information content (AvgIpc) is 2.70. The molecule has 1 amide bonds. The smallest absolute Gasteiger partial charge is 0.252 e. The number of aromatic nitrogens is 1. The van der Waals surface area contributed by atoms with Gasteiger partial charge in [-0.25, -0.2) is 4.98 Å². The van der Waals surface area contributed by atoms with Crippen molar-refractivity contribution in [2.75, 3.05) is 5.32 Å². The predicted molar refractivity (Wildman–Crippen MR) is 124 cm³/mol. The summed E-state index contributed by atoms with van der Waals surface area (Å²) in [5.41, 5.74) is 4.87. The first-order chi connectivity index (χ1) is 14.4. The van der Waals surface area contributed by atoms with Gasteiger partial charge in [0.2, 0.25) is 0 Å². The van der Waals surface area contributed by atoms with E-state index < -0.39 is 0 Å². The summed E-state index contributed by atoms with van der Waals surface area (Å²) in [5, 5.41) is 7.61. The maximum Gasteiger partial charge on any atom is 0.252 e. The van der Waals surface area contributed by atoms with Crippen LogP contribution in [-0.2, 0) is 0 Å². The summed E-state index contributed by atoms with van der Waals surface area (Å²) in [6.45, 7) is 8.71. The van der Waals surface area contributed by atoms with Crippen LogP contribution in [0.2, 0.25) is 0 Å². The second-order valence-corrected chi connectivity index (χ2v) is 8.92. The molecule has 2 aromatic carbocycles. The highest BCUT2D eigenvalue weighted by Gasteiger charge is 2.29. The van der Waals surface area contributed by atoms with E-state index in [1.807, 2.05) is 30.3 Å². The number of pyridine rings is 1. The van der Waals surface area contributed by atoms with Crippen molar-refractivity contribution in [3.63, 3.8) is 0 Å². The average molecular weight is 402 g/mol. The first-order valence-electron chi connectivity index (χ1n) is 11.0. The number of benzene rings is 2. The zero-order chi connectivity index (χ0) is 21.3. The van der Waals surface area contributed by atoms with Crippen molar-refractivity contribution in [2.24, 2.45) is 11.8 Å². The first kappa shape index (κ1) is 20.4. The molecule has 30 heavy (non-hydrogen) atoms. The van der Waals surface area contributed by atoms with E-state index in [1.54, 1.807) is 0 Å². The Hall–Kier alpha value is -2.88. The number of hydrogen-bond donors (Lipinski definition) is 2. The summed E-state index contributed by atoms with van der Waals surface area (Å²) < 4.78 is 0. The van der Waals surface area contributed by atoms with Crippen molar-refractivity contribution in [1.29, 1.82) is 0 Å². The Morgan fingerprint density at radius 2 is 1.73 bits per heavy atom. The number of para-hydroxylation sites is 1. The molecule has 3 aromatic rings. The van der Waals surface area contributed by atoms with Crippen LogP contribution in [0.3, 0.4) is 0 Å². The van der Waals surface area contributed by atoms with Gasteiger partial charge in [-0.15, -0.1) is 0 Å². The van der Waals surface area contributed by atoms with Crippen LogP contribution in [0.4, 0.5) is 11.5 Å². The molecule has 0 spiro atoms. The van der Waals surface area contributed by atoms with Crippen LogP contribution < -0.4 is 10.6 Å². The Morgan fingerprint density at radius 3 is 2.50 bits per heavy atom. The molecule has 3 atom stereocenters. The Labute approximate surface area is 179 Å². The van der Waals surface area contributed by atoms with Gasteiger partial charge in [-0.1, -0.05) is 51.0 Å². The van der Waals surface area contributed by atoms with Gasteiger partial charge < -0.3 is 10.6 Å². The van der Waals surface area contributed by atoms with E-state index in [9.17, 15) is 4.79 Å². The molecule has 1 fully saturated rings. The number of carbonyl (C=O) groups excluding carboxylic acids is 1. The third-order valence-electron chi connectivity index (χ3n) is 6.48. The SMILES string of the molecule is Cc1cc(C)cc(Nc2cc(C(=O)N[C@@H]3CCC[C@H](C)[C@H]3C)c3ccccc3n2)c1. The summed E-state index contributed by atoms with van der Waals surface area (Å²) in [6, 6.07) is 16.3. The van der Waals surface area contributed by atoms with E-state index in [0.717, 1.165) is 23.0 Å². The number of amides is 1. The molecule has 1 aliphatic rings. The molecule has 1 aromatic heterocycles. The van der Waals surface area contributed by atoms with Crippen LogP contribution >= 0.6 is 0 Å². The van der Waals surface area contributed by atoms with Crippen LogP contribution in [0.5, 0.6) is 0 Å². The predicted octanol–water partition coefficient (Wildman–Crippen LogP) is 6.15. The second-order valence-electron chi connectivity index (χ2n) is 8.92. The third kappa shape index (κ3) is 4.33. The summed E-state index contributed by atoms with van der Waals surface area (Å²) >= 11 is 0. The van der Waals surface area contributed by atoms with Crippen molar-refractivity contribution in [1.82, 2.24) is 10.3 Å². The molecule has 2 N–H and O–H groups in total. The third-order valence-corrected chi connectivity index (χ3v) is 6.48. The molecule has 1 saturated carbocycles. The van der Waals surface area contributed by atoms with Gasteiger partial charge in [0.05, 0.1) is 11.1 Å². The normalized spacial score (nSPS) is 21.4. The highest BCUT2D eigenvalue weighted by Crippen LogP contribution is 2.30. The second kappa shape index (κ2) is 8.47. The molecule has 1 aliphatic carbocycles. The van der Waals surface area contributed by atoms with E-state index in [1.165, 1.54) is 24.0 Å². The number of hydrogen-bond acceptors (Lipinski definition) is 3. The molecule has 0 saturated heterocycles. The van der Waals surface area contributed by atoms with Crippen molar-refractivity contribution in [2.45, 2.75) is 53.0 Å². The van der Waals surface area contributed by atoms with Gasteiger partial charge in [0.1, 0.15) is 5.82 Å². The van der Waals surface area contributed by atoms with Crippen LogP contribution in [-0.4, -0.2) is 16.9 Å². The minimum Gasteiger partial charge on any atom is -0.349 e. The van der Waals surface area contributed by atoms with Crippen molar-refractivity contribution >= 4 is 28.3 Å². The van der Waals surface area contributed by atoms with Gasteiger partial charge >= 0.3 is 0 Å². The summed E-state index contributed by atoms with van der Waals surface area (Å²) in [6.07, 6.45) is 3.47. The molecule has 156 valence electrons. The molecule has 0 unspecified atom stereocenters. The Balaban J connectivity index is 1.67. The lowest BCUT2D eigenvalue weighted by atomic mass is 9.78. The van der Waals surface area contributed by atoms with Gasteiger partial charge in [-0.2, -0.15) is 0 Å². The zero-order valence-electron chi connectivity index (χ0n) is 18.3. The fourth-order valence-corrected chi connectivity index (χ4v) is 4.65. The molecular weight excluding hydrogens is 370 g/mol. The number of carbonyl (C=O) groups is 1. The number of nitrogens with one attached hydrogen (secondary N) is 2. The van der Waals surface area contributed by atoms with Crippen LogP contribution in [0.1, 0.15) is 54.6 Å². The Kier molecular flexibility index (Phi) is 5.76. The number of rotatable bonds is 4. The quantitative estimate of drug-likeness (QED) is 0.551. The number of anilines is 2. The van der Waals surface area contributed by atoms with E-state index in [2.05, 4.69) is 56.5 Å². The molecule has 4 nitrogen and oxygen atoms in total. The standard InChI is InChI=1S/C26H31N3O/c1-16-12-17(2)14-20(13-16)27-25-15-22(21-9-5-6-10-24(21)28-25)26(30)29-23-11-7-8-18(3)19(23)4/h5-6,9-10,12-15,18-19,23H,7-8,11H2,1-4H3,(H,27,28)(H,29,30)/t18-,19+,23+/m0/s1. The molecule has 0 radical (unpaired) electrons. The highest BCUT2D eigenvalue weighted by atomic mass is 16.1. The van der Waals surface area contributed by atoms with Crippen molar-refractivity contribution in [3.8, 4) is 0 Å². The molecule has 4 rings (SSSR count). The maximum atomic E-state index is 13.3. The molecule has 0 bridgehead atoms. The van der Waals surface area contributed by atoms with E-state index in [-0.39, 0.29) is 11.9 Å². The van der Waals surface area contributed by atoms with Gasteiger partial charge in [0.25, 0.3) is 5.91 Å². The van der Waals surface area contributed by atoms with Crippen molar-refractivity contribution < 1.29 is 4.79 Å². The summed E-state index contributed by atoms with van der Waals surface area (Å²) in [5.74, 6) is 1.81. The van der Waals surface area contributed by atoms with E-state index in [0.29, 0.717) is 23.2 Å². The topological polar surface area (TPSA) is 54.0 Å². The van der Waals surface area contributed by atoms with Crippen LogP contribution in [0, 0.1) is 25.7 Å². The lowest BCUT2D eigenvalue weighted by Gasteiger charge is -2.34. The number of fused-ring (bicyclic) bond motifs is 1. The van der Waals surface area contributed by atoms with Crippen LogP contribution in [0.25, 0.3) is 10.9 Å². The minimum atomic E-state index is -0.0111. The molecule has 4 heteroatoms. The first-order valence-corrected chi connectivity index (χ1v) is 11.0. The highest BCUT2D eigenvalue weighted by molar-refractivity contribution is 6.07. The monoisotopic (exact) mass is 401 g/mol. The summed E-state index contributed by atoms with van der Waals surface area (Å²) in [4.78, 5) is 18.1. The number of nitrogens with zero attached hydrogens (tertiary/aromatic N) is 1. The largest absolute Gasteiger partial charge is 0.349 e.